The maximum absolute atomic E-state index is 8.78. The molecule has 1 aromatic heterocycles. The van der Waals surface area contributed by atoms with Crippen molar-refractivity contribution in [2.75, 3.05) is 18.0 Å². The van der Waals surface area contributed by atoms with Gasteiger partial charge in [0.25, 0.3) is 0 Å². The van der Waals surface area contributed by atoms with Gasteiger partial charge >= 0.3 is 0 Å². The van der Waals surface area contributed by atoms with E-state index >= 15 is 0 Å². The van der Waals surface area contributed by atoms with Gasteiger partial charge in [-0.3, -0.25) is 0 Å². The van der Waals surface area contributed by atoms with Gasteiger partial charge in [-0.05, 0) is 24.8 Å². The van der Waals surface area contributed by atoms with Gasteiger partial charge in [0.1, 0.15) is 11.8 Å². The molecule has 0 bridgehead atoms. The molecule has 4 nitrogen and oxygen atoms in total. The van der Waals surface area contributed by atoms with Crippen LogP contribution in [-0.2, 0) is 0 Å². The van der Waals surface area contributed by atoms with E-state index in [2.05, 4.69) is 21.8 Å². The summed E-state index contributed by atoms with van der Waals surface area (Å²) in [5.74, 6) is 1.55. The SMILES string of the molecule is CCC1CCN(c2nccc(C#N)n2)CC1. The molecule has 0 aromatic carbocycles. The predicted octanol–water partition coefficient (Wildman–Crippen LogP) is 1.97. The highest BCUT2D eigenvalue weighted by atomic mass is 15.2. The standard InChI is InChI=1S/C12H16N4/c1-2-10-4-7-16(8-5-10)12-14-6-3-11(9-13)15-12/h3,6,10H,2,4-5,7-8H2,1H3. The van der Waals surface area contributed by atoms with Gasteiger partial charge in [0.2, 0.25) is 5.95 Å². The summed E-state index contributed by atoms with van der Waals surface area (Å²) in [6.45, 7) is 4.26. The summed E-state index contributed by atoms with van der Waals surface area (Å²) in [4.78, 5) is 10.6. The lowest BCUT2D eigenvalue weighted by Gasteiger charge is -2.31. The van der Waals surface area contributed by atoms with Crippen LogP contribution < -0.4 is 4.90 Å². The van der Waals surface area contributed by atoms with Gasteiger partial charge in [0.15, 0.2) is 0 Å². The maximum atomic E-state index is 8.78. The molecule has 0 spiro atoms. The lowest BCUT2D eigenvalue weighted by atomic mass is 9.95. The number of piperidine rings is 1. The average Bonchev–Trinajstić information content (AvgIpc) is 2.39. The van der Waals surface area contributed by atoms with Crippen molar-refractivity contribution in [3.63, 3.8) is 0 Å². The molecular weight excluding hydrogens is 200 g/mol. The highest BCUT2D eigenvalue weighted by Gasteiger charge is 2.19. The fourth-order valence-corrected chi connectivity index (χ4v) is 2.10. The van der Waals surface area contributed by atoms with E-state index in [1.54, 1.807) is 12.3 Å². The largest absolute Gasteiger partial charge is 0.341 e. The number of hydrogen-bond acceptors (Lipinski definition) is 4. The van der Waals surface area contributed by atoms with Crippen molar-refractivity contribution in [1.29, 1.82) is 5.26 Å². The molecule has 1 fully saturated rings. The molecule has 1 aliphatic heterocycles. The fraction of sp³-hybridized carbons (Fsp3) is 0.583. The third-order valence-corrected chi connectivity index (χ3v) is 3.23. The van der Waals surface area contributed by atoms with Crippen molar-refractivity contribution in [2.24, 2.45) is 5.92 Å². The summed E-state index contributed by atoms with van der Waals surface area (Å²) in [7, 11) is 0. The van der Waals surface area contributed by atoms with Crippen LogP contribution in [0.15, 0.2) is 12.3 Å². The highest BCUT2D eigenvalue weighted by molar-refractivity contribution is 5.33. The topological polar surface area (TPSA) is 52.8 Å². The third kappa shape index (κ3) is 2.30. The molecule has 16 heavy (non-hydrogen) atoms. The van der Waals surface area contributed by atoms with Crippen LogP contribution in [0.1, 0.15) is 31.9 Å². The Morgan fingerprint density at radius 1 is 1.50 bits per heavy atom. The van der Waals surface area contributed by atoms with Gasteiger partial charge in [-0.1, -0.05) is 13.3 Å². The van der Waals surface area contributed by atoms with Crippen LogP contribution in [0.2, 0.25) is 0 Å². The monoisotopic (exact) mass is 216 g/mol. The van der Waals surface area contributed by atoms with Gasteiger partial charge in [-0.25, -0.2) is 9.97 Å². The minimum atomic E-state index is 0.447. The van der Waals surface area contributed by atoms with Gasteiger partial charge < -0.3 is 4.90 Å². The highest BCUT2D eigenvalue weighted by Crippen LogP contribution is 2.22. The van der Waals surface area contributed by atoms with Crippen molar-refractivity contribution in [2.45, 2.75) is 26.2 Å². The van der Waals surface area contributed by atoms with Crippen LogP contribution in [0, 0.1) is 17.2 Å². The van der Waals surface area contributed by atoms with Crippen molar-refractivity contribution in [3.8, 4) is 6.07 Å². The lowest BCUT2D eigenvalue weighted by molar-refractivity contribution is 0.392. The number of aromatic nitrogens is 2. The molecule has 0 atom stereocenters. The Labute approximate surface area is 95.9 Å². The Hall–Kier alpha value is -1.63. The van der Waals surface area contributed by atoms with E-state index < -0.39 is 0 Å². The van der Waals surface area contributed by atoms with Gasteiger partial charge in [-0.15, -0.1) is 0 Å². The molecule has 2 rings (SSSR count). The molecule has 0 aliphatic carbocycles. The molecule has 1 aliphatic rings. The Morgan fingerprint density at radius 3 is 2.88 bits per heavy atom. The molecule has 0 amide bonds. The average molecular weight is 216 g/mol. The molecular formula is C12H16N4. The first kappa shape index (κ1) is 10.9. The molecule has 0 N–H and O–H groups in total. The van der Waals surface area contributed by atoms with Gasteiger partial charge in [-0.2, -0.15) is 5.26 Å². The molecule has 0 radical (unpaired) electrons. The summed E-state index contributed by atoms with van der Waals surface area (Å²) < 4.78 is 0. The van der Waals surface area contributed by atoms with Gasteiger partial charge in [0, 0.05) is 19.3 Å². The smallest absolute Gasteiger partial charge is 0.226 e. The Bertz CT molecular complexity index is 388. The van der Waals surface area contributed by atoms with Crippen LogP contribution in [0.4, 0.5) is 5.95 Å². The van der Waals surface area contributed by atoms with Crippen molar-refractivity contribution >= 4 is 5.95 Å². The normalized spacial score (nSPS) is 17.1. The zero-order valence-electron chi connectivity index (χ0n) is 9.56. The zero-order chi connectivity index (χ0) is 11.4. The first-order valence-corrected chi connectivity index (χ1v) is 5.81. The second-order valence-electron chi connectivity index (χ2n) is 4.19. The number of rotatable bonds is 2. The Balaban J connectivity index is 2.05. The molecule has 4 heteroatoms. The van der Waals surface area contributed by atoms with Crippen LogP contribution in [-0.4, -0.2) is 23.1 Å². The molecule has 0 saturated carbocycles. The minimum absolute atomic E-state index is 0.447. The summed E-state index contributed by atoms with van der Waals surface area (Å²) in [6.07, 6.45) is 5.33. The summed E-state index contributed by atoms with van der Waals surface area (Å²) in [6, 6.07) is 3.69. The molecule has 0 unspecified atom stereocenters. The van der Waals surface area contributed by atoms with Crippen molar-refractivity contribution in [3.05, 3.63) is 18.0 Å². The predicted molar refractivity (Wildman–Crippen MR) is 62.0 cm³/mol. The quantitative estimate of drug-likeness (QED) is 0.758. The second-order valence-corrected chi connectivity index (χ2v) is 4.19. The Morgan fingerprint density at radius 2 is 2.25 bits per heavy atom. The number of anilines is 1. The number of nitriles is 1. The van der Waals surface area contributed by atoms with E-state index in [0.717, 1.165) is 19.0 Å². The number of hydrogen-bond donors (Lipinski definition) is 0. The molecule has 1 saturated heterocycles. The van der Waals surface area contributed by atoms with Gasteiger partial charge in [0.05, 0.1) is 0 Å². The van der Waals surface area contributed by atoms with Crippen molar-refractivity contribution in [1.82, 2.24) is 9.97 Å². The Kier molecular flexibility index (Phi) is 3.35. The minimum Gasteiger partial charge on any atom is -0.341 e. The summed E-state index contributed by atoms with van der Waals surface area (Å²) in [5.41, 5.74) is 0.447. The lowest BCUT2D eigenvalue weighted by Crippen LogP contribution is -2.34. The van der Waals surface area contributed by atoms with Crippen LogP contribution in [0.3, 0.4) is 0 Å². The maximum Gasteiger partial charge on any atom is 0.226 e. The van der Waals surface area contributed by atoms with E-state index in [9.17, 15) is 0 Å². The van der Waals surface area contributed by atoms with E-state index in [-0.39, 0.29) is 0 Å². The molecule has 84 valence electrons. The van der Waals surface area contributed by atoms with Crippen LogP contribution >= 0.6 is 0 Å². The fourth-order valence-electron chi connectivity index (χ4n) is 2.10. The molecule has 2 heterocycles. The summed E-state index contributed by atoms with van der Waals surface area (Å²) in [5, 5.41) is 8.78. The molecule has 1 aromatic rings. The zero-order valence-corrected chi connectivity index (χ0v) is 9.56. The first-order valence-electron chi connectivity index (χ1n) is 5.81. The van der Waals surface area contributed by atoms with Crippen LogP contribution in [0.5, 0.6) is 0 Å². The van der Waals surface area contributed by atoms with E-state index in [1.165, 1.54) is 19.3 Å². The third-order valence-electron chi connectivity index (χ3n) is 3.23. The van der Waals surface area contributed by atoms with Crippen molar-refractivity contribution < 1.29 is 0 Å². The van der Waals surface area contributed by atoms with E-state index in [1.807, 2.05) is 6.07 Å². The summed E-state index contributed by atoms with van der Waals surface area (Å²) >= 11 is 0. The number of nitrogens with zero attached hydrogens (tertiary/aromatic N) is 4. The van der Waals surface area contributed by atoms with E-state index in [0.29, 0.717) is 11.6 Å². The van der Waals surface area contributed by atoms with Crippen LogP contribution in [0.25, 0.3) is 0 Å². The first-order chi connectivity index (χ1) is 7.83. The van der Waals surface area contributed by atoms with E-state index in [4.69, 9.17) is 5.26 Å². The second kappa shape index (κ2) is 4.93.